The number of para-hydroxylation sites is 1. The van der Waals surface area contributed by atoms with Crippen molar-refractivity contribution in [1.82, 2.24) is 0 Å². The Morgan fingerprint density at radius 1 is 1.00 bits per heavy atom. The lowest BCUT2D eigenvalue weighted by atomic mass is 9.78. The minimum Gasteiger partial charge on any atom is -0.468 e. The predicted molar refractivity (Wildman–Crippen MR) is 85.5 cm³/mol. The molecule has 1 aliphatic heterocycles. The van der Waals surface area contributed by atoms with Crippen LogP contribution >= 0.6 is 0 Å². The summed E-state index contributed by atoms with van der Waals surface area (Å²) in [6, 6.07) is 7.70. The Balaban J connectivity index is 2.03. The molecule has 5 nitrogen and oxygen atoms in total. The highest BCUT2D eigenvalue weighted by Gasteiger charge is 2.52. The fourth-order valence-corrected chi connectivity index (χ4v) is 2.08. The topological polar surface area (TPSA) is 46.2 Å². The summed E-state index contributed by atoms with van der Waals surface area (Å²) in [4.78, 5) is 0. The number of benzene rings is 1. The van der Waals surface area contributed by atoms with Gasteiger partial charge in [-0.3, -0.25) is 0 Å². The van der Waals surface area contributed by atoms with Crippen molar-refractivity contribution >= 4 is 12.6 Å². The molecule has 0 amide bonds. The van der Waals surface area contributed by atoms with Gasteiger partial charge >= 0.3 is 7.12 Å². The summed E-state index contributed by atoms with van der Waals surface area (Å²) >= 11 is 0. The zero-order valence-corrected chi connectivity index (χ0v) is 14.0. The monoisotopic (exact) mass is 308 g/mol. The molecule has 0 saturated carbocycles. The Kier molecular flexibility index (Phi) is 5.50. The van der Waals surface area contributed by atoms with Crippen LogP contribution in [0.5, 0.6) is 5.75 Å². The zero-order valence-electron chi connectivity index (χ0n) is 14.0. The lowest BCUT2D eigenvalue weighted by molar-refractivity contribution is -0.00811. The molecule has 22 heavy (non-hydrogen) atoms. The van der Waals surface area contributed by atoms with E-state index in [0.717, 1.165) is 5.46 Å². The average molecular weight is 308 g/mol. The van der Waals surface area contributed by atoms with Crippen molar-refractivity contribution in [2.45, 2.75) is 38.9 Å². The number of hydrogen-bond donors (Lipinski definition) is 0. The first-order valence-electron chi connectivity index (χ1n) is 7.51. The third-order valence-electron chi connectivity index (χ3n) is 4.16. The van der Waals surface area contributed by atoms with Crippen LogP contribution in [0.4, 0.5) is 0 Å². The molecule has 1 heterocycles. The second kappa shape index (κ2) is 7.00. The summed E-state index contributed by atoms with van der Waals surface area (Å²) in [7, 11) is 1.19. The first kappa shape index (κ1) is 17.3. The minimum atomic E-state index is -0.444. The van der Waals surface area contributed by atoms with Gasteiger partial charge in [0.05, 0.1) is 24.4 Å². The fourth-order valence-electron chi connectivity index (χ4n) is 2.08. The molecule has 1 aliphatic rings. The highest BCUT2D eigenvalue weighted by atomic mass is 16.7. The van der Waals surface area contributed by atoms with Gasteiger partial charge in [-0.2, -0.15) is 0 Å². The van der Waals surface area contributed by atoms with Crippen molar-refractivity contribution in [3.63, 3.8) is 0 Å². The average Bonchev–Trinajstić information content (AvgIpc) is 2.67. The predicted octanol–water partition coefficient (Wildman–Crippen LogP) is 1.99. The Labute approximate surface area is 133 Å². The van der Waals surface area contributed by atoms with Crippen LogP contribution in [0.25, 0.3) is 0 Å². The van der Waals surface area contributed by atoms with E-state index in [1.807, 2.05) is 52.0 Å². The summed E-state index contributed by atoms with van der Waals surface area (Å²) < 4.78 is 28.1. The van der Waals surface area contributed by atoms with E-state index in [9.17, 15) is 0 Å². The summed E-state index contributed by atoms with van der Waals surface area (Å²) in [5, 5.41) is 0. The number of methoxy groups -OCH3 is 1. The largest absolute Gasteiger partial charge is 0.498 e. The molecule has 6 heteroatoms. The van der Waals surface area contributed by atoms with E-state index < -0.39 is 7.12 Å². The first-order valence-corrected chi connectivity index (χ1v) is 7.51. The fraction of sp³-hybridized carbons (Fsp3) is 0.625. The third kappa shape index (κ3) is 3.81. The Morgan fingerprint density at radius 2 is 1.64 bits per heavy atom. The van der Waals surface area contributed by atoms with Crippen molar-refractivity contribution in [2.75, 3.05) is 27.1 Å². The molecule has 1 saturated heterocycles. The van der Waals surface area contributed by atoms with E-state index in [1.54, 1.807) is 7.11 Å². The van der Waals surface area contributed by atoms with Crippen molar-refractivity contribution in [1.29, 1.82) is 0 Å². The van der Waals surface area contributed by atoms with Gasteiger partial charge in [0, 0.05) is 12.6 Å². The first-order chi connectivity index (χ1) is 10.4. The maximum atomic E-state index is 6.07. The van der Waals surface area contributed by atoms with Crippen LogP contribution in [0.3, 0.4) is 0 Å². The van der Waals surface area contributed by atoms with E-state index in [2.05, 4.69) is 0 Å². The normalized spacial score (nSPS) is 19.4. The van der Waals surface area contributed by atoms with Gasteiger partial charge in [0.15, 0.2) is 6.79 Å². The van der Waals surface area contributed by atoms with Gasteiger partial charge in [0.2, 0.25) is 0 Å². The molecule has 0 aromatic heterocycles. The second-order valence-corrected chi connectivity index (χ2v) is 6.29. The van der Waals surface area contributed by atoms with Crippen molar-refractivity contribution in [3.05, 3.63) is 24.3 Å². The molecule has 0 bridgehead atoms. The van der Waals surface area contributed by atoms with Crippen molar-refractivity contribution in [2.24, 2.45) is 0 Å². The molecular weight excluding hydrogens is 283 g/mol. The van der Waals surface area contributed by atoms with E-state index >= 15 is 0 Å². The Bertz CT molecular complexity index is 473. The molecule has 2 rings (SSSR count). The van der Waals surface area contributed by atoms with Crippen LogP contribution in [-0.2, 0) is 18.8 Å². The maximum Gasteiger partial charge on any atom is 0.498 e. The van der Waals surface area contributed by atoms with E-state index in [1.165, 1.54) is 0 Å². The quantitative estimate of drug-likeness (QED) is 0.438. The SMILES string of the molecule is COCCOCOc1ccccc1B1OC(C)(C)C(C)(C)O1. The summed E-state index contributed by atoms with van der Waals surface area (Å²) in [5.41, 5.74) is 0.121. The molecule has 0 spiro atoms. The molecule has 122 valence electrons. The standard InChI is InChI=1S/C16H25BO5/c1-15(2)16(3,4)22-17(21-15)13-8-6-7-9-14(13)20-12-19-11-10-18-5/h6-9H,10-12H2,1-5H3. The number of hydrogen-bond acceptors (Lipinski definition) is 5. The number of rotatable bonds is 7. The van der Waals surface area contributed by atoms with Gasteiger partial charge in [0.1, 0.15) is 5.75 Å². The van der Waals surface area contributed by atoms with E-state index in [4.69, 9.17) is 23.5 Å². The number of ether oxygens (including phenoxy) is 3. The third-order valence-corrected chi connectivity index (χ3v) is 4.16. The van der Waals surface area contributed by atoms with Gasteiger partial charge in [-0.25, -0.2) is 0 Å². The van der Waals surface area contributed by atoms with Gasteiger partial charge in [-0.15, -0.1) is 0 Å². The zero-order chi connectivity index (χ0) is 16.2. The van der Waals surface area contributed by atoms with Crippen LogP contribution < -0.4 is 10.2 Å². The minimum absolute atomic E-state index is 0.167. The van der Waals surface area contributed by atoms with Gasteiger partial charge in [-0.1, -0.05) is 18.2 Å². The molecule has 0 aliphatic carbocycles. The molecule has 1 aromatic carbocycles. The summed E-state index contributed by atoms with van der Waals surface area (Å²) in [5.74, 6) is 0.707. The maximum absolute atomic E-state index is 6.07. The highest BCUT2D eigenvalue weighted by molar-refractivity contribution is 6.63. The molecule has 0 atom stereocenters. The molecule has 1 aromatic rings. The van der Waals surface area contributed by atoms with Crippen LogP contribution in [-0.4, -0.2) is 45.4 Å². The van der Waals surface area contributed by atoms with Crippen molar-refractivity contribution in [3.8, 4) is 5.75 Å². The van der Waals surface area contributed by atoms with Crippen LogP contribution in [0.1, 0.15) is 27.7 Å². The molecule has 1 fully saturated rings. The molecular formula is C16H25BO5. The molecule has 0 radical (unpaired) electrons. The Morgan fingerprint density at radius 3 is 2.27 bits per heavy atom. The smallest absolute Gasteiger partial charge is 0.468 e. The second-order valence-electron chi connectivity index (χ2n) is 6.29. The lowest BCUT2D eigenvalue weighted by Crippen LogP contribution is -2.41. The van der Waals surface area contributed by atoms with Gasteiger partial charge in [-0.05, 0) is 33.8 Å². The summed E-state index contributed by atoms with van der Waals surface area (Å²) in [6.07, 6.45) is 0. The highest BCUT2D eigenvalue weighted by Crippen LogP contribution is 2.37. The Hall–Kier alpha value is -1.08. The summed E-state index contributed by atoms with van der Waals surface area (Å²) in [6.45, 7) is 9.33. The van der Waals surface area contributed by atoms with Crippen LogP contribution in [0.15, 0.2) is 24.3 Å². The van der Waals surface area contributed by atoms with Crippen LogP contribution in [0, 0.1) is 0 Å². The molecule has 0 N–H and O–H groups in total. The molecule has 0 unspecified atom stereocenters. The van der Waals surface area contributed by atoms with E-state index in [0.29, 0.717) is 19.0 Å². The van der Waals surface area contributed by atoms with Crippen LogP contribution in [0.2, 0.25) is 0 Å². The van der Waals surface area contributed by atoms with E-state index in [-0.39, 0.29) is 18.0 Å². The van der Waals surface area contributed by atoms with Gasteiger partial charge in [0.25, 0.3) is 0 Å². The van der Waals surface area contributed by atoms with Crippen molar-refractivity contribution < 1.29 is 23.5 Å². The van der Waals surface area contributed by atoms with Gasteiger partial charge < -0.3 is 23.5 Å². The lowest BCUT2D eigenvalue weighted by Gasteiger charge is -2.32.